The first kappa shape index (κ1) is 10.6. The molecule has 3 heteroatoms. The predicted molar refractivity (Wildman–Crippen MR) is 54.6 cm³/mol. The average molecular weight is 193 g/mol. The zero-order valence-electron chi connectivity index (χ0n) is 8.54. The first-order valence-electron chi connectivity index (χ1n) is 4.71. The van der Waals surface area contributed by atoms with Crippen LogP contribution in [0.3, 0.4) is 0 Å². The standard InChI is InChI=1S/C11H15NO2/c1-3-5-9(2)11(13)12-8-10-6-4-7-14-10/h4-7H,3,8H2,1-2H3,(H,12,13)/b9-5-. The average Bonchev–Trinajstić information content (AvgIpc) is 2.67. The topological polar surface area (TPSA) is 42.2 Å². The number of hydrogen-bond acceptors (Lipinski definition) is 2. The van der Waals surface area contributed by atoms with Crippen LogP contribution in [0.5, 0.6) is 0 Å². The van der Waals surface area contributed by atoms with E-state index < -0.39 is 0 Å². The second kappa shape index (κ2) is 5.27. The molecule has 0 spiro atoms. The molecule has 76 valence electrons. The third-order valence-electron chi connectivity index (χ3n) is 1.87. The number of carbonyl (C=O) groups excluding carboxylic acids is 1. The zero-order valence-corrected chi connectivity index (χ0v) is 8.54. The van der Waals surface area contributed by atoms with Crippen LogP contribution in [0.4, 0.5) is 0 Å². The van der Waals surface area contributed by atoms with Gasteiger partial charge in [-0.3, -0.25) is 4.79 Å². The Balaban J connectivity index is 2.39. The number of hydrogen-bond donors (Lipinski definition) is 1. The molecule has 0 bridgehead atoms. The highest BCUT2D eigenvalue weighted by Gasteiger charge is 2.03. The molecule has 0 atom stereocenters. The summed E-state index contributed by atoms with van der Waals surface area (Å²) in [4.78, 5) is 11.4. The van der Waals surface area contributed by atoms with Gasteiger partial charge in [0.15, 0.2) is 0 Å². The summed E-state index contributed by atoms with van der Waals surface area (Å²) in [6.45, 7) is 4.25. The maximum atomic E-state index is 11.4. The van der Waals surface area contributed by atoms with E-state index in [2.05, 4.69) is 5.32 Å². The summed E-state index contributed by atoms with van der Waals surface area (Å²) in [7, 11) is 0. The number of allylic oxidation sites excluding steroid dienone is 1. The summed E-state index contributed by atoms with van der Waals surface area (Å²) in [6.07, 6.45) is 4.37. The van der Waals surface area contributed by atoms with Gasteiger partial charge in [0.25, 0.3) is 0 Å². The number of carbonyl (C=O) groups is 1. The third kappa shape index (κ3) is 3.09. The maximum Gasteiger partial charge on any atom is 0.246 e. The van der Waals surface area contributed by atoms with Crippen LogP contribution in [0.25, 0.3) is 0 Å². The highest BCUT2D eigenvalue weighted by Crippen LogP contribution is 2.00. The molecule has 0 fully saturated rings. The van der Waals surface area contributed by atoms with Crippen molar-refractivity contribution in [3.05, 3.63) is 35.8 Å². The summed E-state index contributed by atoms with van der Waals surface area (Å²) in [6, 6.07) is 3.63. The Morgan fingerprint density at radius 3 is 3.00 bits per heavy atom. The Morgan fingerprint density at radius 2 is 2.43 bits per heavy atom. The Labute approximate surface area is 83.8 Å². The minimum absolute atomic E-state index is 0.0387. The molecule has 1 N–H and O–H groups in total. The van der Waals surface area contributed by atoms with Crippen LogP contribution in [0.15, 0.2) is 34.5 Å². The van der Waals surface area contributed by atoms with Crippen LogP contribution in [-0.4, -0.2) is 5.91 Å². The molecule has 1 heterocycles. The Hall–Kier alpha value is -1.51. The van der Waals surface area contributed by atoms with Crippen molar-refractivity contribution in [2.45, 2.75) is 26.8 Å². The first-order chi connectivity index (χ1) is 6.74. The van der Waals surface area contributed by atoms with E-state index >= 15 is 0 Å². The van der Waals surface area contributed by atoms with Gasteiger partial charge in [-0.1, -0.05) is 13.0 Å². The normalized spacial score (nSPS) is 11.4. The fraction of sp³-hybridized carbons (Fsp3) is 0.364. The van der Waals surface area contributed by atoms with Crippen molar-refractivity contribution < 1.29 is 9.21 Å². The van der Waals surface area contributed by atoms with Crippen LogP contribution in [0.1, 0.15) is 26.0 Å². The fourth-order valence-corrected chi connectivity index (χ4v) is 1.12. The van der Waals surface area contributed by atoms with Gasteiger partial charge >= 0.3 is 0 Å². The molecular formula is C11H15NO2. The second-order valence-electron chi connectivity index (χ2n) is 3.06. The Bertz CT molecular complexity index is 312. The highest BCUT2D eigenvalue weighted by atomic mass is 16.3. The highest BCUT2D eigenvalue weighted by molar-refractivity contribution is 5.92. The molecule has 1 amide bonds. The van der Waals surface area contributed by atoms with Crippen molar-refractivity contribution in [1.82, 2.24) is 5.32 Å². The number of nitrogens with one attached hydrogen (secondary N) is 1. The van der Waals surface area contributed by atoms with Crippen LogP contribution in [-0.2, 0) is 11.3 Å². The third-order valence-corrected chi connectivity index (χ3v) is 1.87. The lowest BCUT2D eigenvalue weighted by Crippen LogP contribution is -2.23. The van der Waals surface area contributed by atoms with Gasteiger partial charge in [-0.2, -0.15) is 0 Å². The van der Waals surface area contributed by atoms with Crippen LogP contribution in [0, 0.1) is 0 Å². The molecule has 0 aliphatic carbocycles. The van der Waals surface area contributed by atoms with Gasteiger partial charge < -0.3 is 9.73 Å². The molecule has 0 aromatic carbocycles. The Morgan fingerprint density at radius 1 is 1.64 bits per heavy atom. The maximum absolute atomic E-state index is 11.4. The van der Waals surface area contributed by atoms with Crippen molar-refractivity contribution in [1.29, 1.82) is 0 Å². The second-order valence-corrected chi connectivity index (χ2v) is 3.06. The van der Waals surface area contributed by atoms with Crippen molar-refractivity contribution in [2.24, 2.45) is 0 Å². The lowest BCUT2D eigenvalue weighted by Gasteiger charge is -2.02. The summed E-state index contributed by atoms with van der Waals surface area (Å²) < 4.78 is 5.09. The SMILES string of the molecule is CC/C=C(/C)C(=O)NCc1ccco1. The quantitative estimate of drug-likeness (QED) is 0.745. The number of amides is 1. The number of furan rings is 1. The van der Waals surface area contributed by atoms with E-state index in [1.165, 1.54) is 0 Å². The predicted octanol–water partition coefficient (Wildman–Crippen LogP) is 2.25. The first-order valence-corrected chi connectivity index (χ1v) is 4.71. The molecule has 14 heavy (non-hydrogen) atoms. The van der Waals surface area contributed by atoms with Gasteiger partial charge in [0.05, 0.1) is 12.8 Å². The van der Waals surface area contributed by atoms with Crippen LogP contribution < -0.4 is 5.32 Å². The van der Waals surface area contributed by atoms with Gasteiger partial charge in [0.2, 0.25) is 5.91 Å². The van der Waals surface area contributed by atoms with E-state index in [-0.39, 0.29) is 5.91 Å². The summed E-state index contributed by atoms with van der Waals surface area (Å²) in [5.41, 5.74) is 0.749. The molecule has 0 saturated carbocycles. The summed E-state index contributed by atoms with van der Waals surface area (Å²) >= 11 is 0. The molecule has 1 rings (SSSR count). The molecular weight excluding hydrogens is 178 g/mol. The van der Waals surface area contributed by atoms with Crippen LogP contribution in [0.2, 0.25) is 0 Å². The molecule has 0 radical (unpaired) electrons. The summed E-state index contributed by atoms with van der Waals surface area (Å²) in [5.74, 6) is 0.728. The number of rotatable bonds is 4. The lowest BCUT2D eigenvalue weighted by atomic mass is 10.2. The van der Waals surface area contributed by atoms with Gasteiger partial charge in [0.1, 0.15) is 5.76 Å². The molecule has 1 aromatic heterocycles. The zero-order chi connectivity index (χ0) is 10.4. The molecule has 3 nitrogen and oxygen atoms in total. The van der Waals surface area contributed by atoms with Crippen LogP contribution >= 0.6 is 0 Å². The minimum Gasteiger partial charge on any atom is -0.467 e. The van der Waals surface area contributed by atoms with Gasteiger partial charge in [0, 0.05) is 5.57 Å². The van der Waals surface area contributed by atoms with Crippen molar-refractivity contribution in [2.75, 3.05) is 0 Å². The minimum atomic E-state index is -0.0387. The molecule has 0 saturated heterocycles. The smallest absolute Gasteiger partial charge is 0.246 e. The van der Waals surface area contributed by atoms with E-state index in [0.29, 0.717) is 6.54 Å². The van der Waals surface area contributed by atoms with Gasteiger partial charge in [-0.25, -0.2) is 0 Å². The van der Waals surface area contributed by atoms with E-state index in [9.17, 15) is 4.79 Å². The summed E-state index contributed by atoms with van der Waals surface area (Å²) in [5, 5.41) is 2.77. The van der Waals surface area contributed by atoms with E-state index in [0.717, 1.165) is 17.8 Å². The molecule has 0 aliphatic heterocycles. The molecule has 0 aliphatic rings. The lowest BCUT2D eigenvalue weighted by molar-refractivity contribution is -0.117. The van der Waals surface area contributed by atoms with Gasteiger partial charge in [-0.05, 0) is 25.5 Å². The molecule has 0 unspecified atom stereocenters. The molecule has 1 aromatic rings. The van der Waals surface area contributed by atoms with E-state index in [4.69, 9.17) is 4.42 Å². The van der Waals surface area contributed by atoms with Gasteiger partial charge in [-0.15, -0.1) is 0 Å². The monoisotopic (exact) mass is 193 g/mol. The van der Waals surface area contributed by atoms with E-state index in [1.807, 2.05) is 19.1 Å². The van der Waals surface area contributed by atoms with Crippen molar-refractivity contribution in [3.63, 3.8) is 0 Å². The van der Waals surface area contributed by atoms with E-state index in [1.54, 1.807) is 19.3 Å². The van der Waals surface area contributed by atoms with Crippen molar-refractivity contribution in [3.8, 4) is 0 Å². The largest absolute Gasteiger partial charge is 0.467 e. The van der Waals surface area contributed by atoms with Crippen molar-refractivity contribution >= 4 is 5.91 Å². The Kier molecular flexibility index (Phi) is 3.98. The fourth-order valence-electron chi connectivity index (χ4n) is 1.12.